The predicted molar refractivity (Wildman–Crippen MR) is 123 cm³/mol. The SMILES string of the molecule is CCNC(=O)C(CC)N(Cc1ccc(Cl)cc1)C(=O)CN(c1ccc(F)c(F)c1)S(C)(=O)=O. The van der Waals surface area contributed by atoms with Crippen molar-refractivity contribution >= 4 is 39.1 Å². The molecular formula is C22H26ClF2N3O4S. The summed E-state index contributed by atoms with van der Waals surface area (Å²) < 4.78 is 52.6. The highest BCUT2D eigenvalue weighted by atomic mass is 35.5. The Balaban J connectivity index is 2.44. The summed E-state index contributed by atoms with van der Waals surface area (Å²) in [5.41, 5.74) is 0.469. The zero-order valence-electron chi connectivity index (χ0n) is 18.5. The molecular weight excluding hydrogens is 476 g/mol. The smallest absolute Gasteiger partial charge is 0.244 e. The number of hydrogen-bond acceptors (Lipinski definition) is 4. The topological polar surface area (TPSA) is 86.8 Å². The van der Waals surface area contributed by atoms with Gasteiger partial charge < -0.3 is 10.2 Å². The van der Waals surface area contributed by atoms with Gasteiger partial charge in [-0.15, -0.1) is 0 Å². The van der Waals surface area contributed by atoms with Crippen LogP contribution in [-0.4, -0.2) is 50.5 Å². The maximum atomic E-state index is 13.8. The standard InChI is InChI=1S/C22H26ClF2N3O4S/c1-4-20(22(30)26-5-2)27(13-15-6-8-16(23)9-7-15)21(29)14-28(33(3,31)32)17-10-11-18(24)19(25)12-17/h6-12,20H,4-5,13-14H2,1-3H3,(H,26,30). The molecule has 180 valence electrons. The molecule has 1 N–H and O–H groups in total. The van der Waals surface area contributed by atoms with E-state index in [-0.39, 0.29) is 24.6 Å². The Hall–Kier alpha value is -2.72. The molecule has 0 bridgehead atoms. The van der Waals surface area contributed by atoms with Crippen molar-refractivity contribution in [2.75, 3.05) is 23.7 Å². The van der Waals surface area contributed by atoms with Crippen molar-refractivity contribution in [2.24, 2.45) is 0 Å². The van der Waals surface area contributed by atoms with Crippen LogP contribution >= 0.6 is 11.6 Å². The van der Waals surface area contributed by atoms with Crippen LogP contribution < -0.4 is 9.62 Å². The van der Waals surface area contributed by atoms with Crippen LogP contribution in [0.5, 0.6) is 0 Å². The summed E-state index contributed by atoms with van der Waals surface area (Å²) in [6.45, 7) is 3.13. The Morgan fingerprint density at radius 2 is 1.70 bits per heavy atom. The first-order chi connectivity index (χ1) is 15.5. The minimum absolute atomic E-state index is 0.0149. The molecule has 0 saturated carbocycles. The number of halogens is 3. The number of hydrogen-bond donors (Lipinski definition) is 1. The summed E-state index contributed by atoms with van der Waals surface area (Å²) >= 11 is 5.93. The molecule has 1 unspecified atom stereocenters. The van der Waals surface area contributed by atoms with Crippen LogP contribution in [0.4, 0.5) is 14.5 Å². The van der Waals surface area contributed by atoms with Gasteiger partial charge in [0, 0.05) is 24.2 Å². The Labute approximate surface area is 197 Å². The van der Waals surface area contributed by atoms with Crippen molar-refractivity contribution in [3.63, 3.8) is 0 Å². The highest BCUT2D eigenvalue weighted by Crippen LogP contribution is 2.22. The van der Waals surface area contributed by atoms with Crippen molar-refractivity contribution in [2.45, 2.75) is 32.9 Å². The fraction of sp³-hybridized carbons (Fsp3) is 0.364. The summed E-state index contributed by atoms with van der Waals surface area (Å²) in [4.78, 5) is 27.3. The molecule has 0 spiro atoms. The lowest BCUT2D eigenvalue weighted by Gasteiger charge is -2.32. The fourth-order valence-electron chi connectivity index (χ4n) is 3.25. The third-order valence-electron chi connectivity index (χ3n) is 4.87. The molecule has 0 saturated heterocycles. The zero-order chi connectivity index (χ0) is 24.8. The lowest BCUT2D eigenvalue weighted by molar-refractivity contribution is -0.140. The van der Waals surface area contributed by atoms with Crippen LogP contribution in [0.2, 0.25) is 5.02 Å². The van der Waals surface area contributed by atoms with Crippen LogP contribution in [0.3, 0.4) is 0 Å². The maximum absolute atomic E-state index is 13.8. The van der Waals surface area contributed by atoms with Crippen molar-refractivity contribution in [3.05, 3.63) is 64.7 Å². The molecule has 11 heteroatoms. The predicted octanol–water partition coefficient (Wildman–Crippen LogP) is 3.33. The zero-order valence-corrected chi connectivity index (χ0v) is 20.1. The maximum Gasteiger partial charge on any atom is 0.244 e. The molecule has 0 fully saturated rings. The number of sulfonamides is 1. The van der Waals surface area contributed by atoms with Crippen molar-refractivity contribution in [3.8, 4) is 0 Å². The molecule has 7 nitrogen and oxygen atoms in total. The van der Waals surface area contributed by atoms with Gasteiger partial charge >= 0.3 is 0 Å². The molecule has 0 aliphatic heterocycles. The molecule has 0 aliphatic carbocycles. The third kappa shape index (κ3) is 7.13. The summed E-state index contributed by atoms with van der Waals surface area (Å²) in [5.74, 6) is -3.47. The number of carbonyl (C=O) groups excluding carboxylic acids is 2. The second kappa shape index (κ2) is 11.4. The number of rotatable bonds is 10. The highest BCUT2D eigenvalue weighted by molar-refractivity contribution is 7.92. The minimum atomic E-state index is -4.04. The second-order valence-electron chi connectivity index (χ2n) is 7.33. The van der Waals surface area contributed by atoms with Crippen LogP contribution in [0.1, 0.15) is 25.8 Å². The van der Waals surface area contributed by atoms with Crippen molar-refractivity contribution < 1.29 is 26.8 Å². The van der Waals surface area contributed by atoms with Gasteiger partial charge in [0.25, 0.3) is 0 Å². The number of nitrogens with one attached hydrogen (secondary N) is 1. The van der Waals surface area contributed by atoms with Gasteiger partial charge in [0.15, 0.2) is 11.6 Å². The molecule has 1 atom stereocenters. The quantitative estimate of drug-likeness (QED) is 0.541. The molecule has 0 radical (unpaired) electrons. The van der Waals surface area contributed by atoms with E-state index in [1.54, 1.807) is 38.1 Å². The molecule has 0 heterocycles. The van der Waals surface area contributed by atoms with Gasteiger partial charge in [-0.3, -0.25) is 13.9 Å². The Morgan fingerprint density at radius 1 is 1.06 bits per heavy atom. The van der Waals surface area contributed by atoms with Gasteiger partial charge in [0.2, 0.25) is 21.8 Å². The lowest BCUT2D eigenvalue weighted by atomic mass is 10.1. The van der Waals surface area contributed by atoms with Gasteiger partial charge in [0.05, 0.1) is 11.9 Å². The van der Waals surface area contributed by atoms with Crippen molar-refractivity contribution in [1.82, 2.24) is 10.2 Å². The van der Waals surface area contributed by atoms with Crippen LogP contribution in [0.15, 0.2) is 42.5 Å². The van der Waals surface area contributed by atoms with E-state index >= 15 is 0 Å². The summed E-state index contributed by atoms with van der Waals surface area (Å²) in [6, 6.07) is 8.33. The molecule has 2 rings (SSSR count). The Bertz CT molecular complexity index is 1100. The number of likely N-dealkylation sites (N-methyl/N-ethyl adjacent to an activating group) is 1. The van der Waals surface area contributed by atoms with Gasteiger partial charge in [-0.1, -0.05) is 30.7 Å². The summed E-state index contributed by atoms with van der Waals surface area (Å²) in [6.07, 6.45) is 1.13. The van der Waals surface area contributed by atoms with E-state index in [0.717, 1.165) is 18.4 Å². The van der Waals surface area contributed by atoms with Gasteiger partial charge in [-0.2, -0.15) is 0 Å². The number of amides is 2. The second-order valence-corrected chi connectivity index (χ2v) is 9.68. The van der Waals surface area contributed by atoms with E-state index in [1.165, 1.54) is 4.90 Å². The largest absolute Gasteiger partial charge is 0.355 e. The van der Waals surface area contributed by atoms with Gasteiger partial charge in [-0.25, -0.2) is 17.2 Å². The number of carbonyl (C=O) groups is 2. The fourth-order valence-corrected chi connectivity index (χ4v) is 4.22. The Morgan fingerprint density at radius 3 is 2.21 bits per heavy atom. The lowest BCUT2D eigenvalue weighted by Crippen LogP contribution is -2.52. The van der Waals surface area contributed by atoms with E-state index in [4.69, 9.17) is 11.6 Å². The van der Waals surface area contributed by atoms with Gasteiger partial charge in [-0.05, 0) is 43.2 Å². The van der Waals surface area contributed by atoms with E-state index in [2.05, 4.69) is 5.32 Å². The molecule has 2 amide bonds. The average molecular weight is 502 g/mol. The minimum Gasteiger partial charge on any atom is -0.355 e. The normalized spacial score (nSPS) is 12.2. The highest BCUT2D eigenvalue weighted by Gasteiger charge is 2.31. The third-order valence-corrected chi connectivity index (χ3v) is 6.27. The Kier molecular flexibility index (Phi) is 9.18. The molecule has 0 aliphatic rings. The molecule has 2 aromatic carbocycles. The summed E-state index contributed by atoms with van der Waals surface area (Å²) in [5, 5.41) is 3.17. The molecule has 2 aromatic rings. The monoisotopic (exact) mass is 501 g/mol. The summed E-state index contributed by atoms with van der Waals surface area (Å²) in [7, 11) is -4.04. The van der Waals surface area contributed by atoms with Crippen LogP contribution in [0, 0.1) is 11.6 Å². The van der Waals surface area contributed by atoms with Crippen LogP contribution in [-0.2, 0) is 26.2 Å². The van der Waals surface area contributed by atoms with Crippen LogP contribution in [0.25, 0.3) is 0 Å². The van der Waals surface area contributed by atoms with Gasteiger partial charge in [0.1, 0.15) is 12.6 Å². The average Bonchev–Trinajstić information content (AvgIpc) is 2.74. The number of anilines is 1. The first-order valence-corrected chi connectivity index (χ1v) is 12.4. The van der Waals surface area contributed by atoms with E-state index in [0.29, 0.717) is 27.5 Å². The number of benzene rings is 2. The van der Waals surface area contributed by atoms with E-state index < -0.39 is 40.2 Å². The van der Waals surface area contributed by atoms with Crippen molar-refractivity contribution in [1.29, 1.82) is 0 Å². The number of nitrogens with zero attached hydrogens (tertiary/aromatic N) is 2. The van der Waals surface area contributed by atoms with E-state index in [9.17, 15) is 26.8 Å². The first-order valence-electron chi connectivity index (χ1n) is 10.2. The van der Waals surface area contributed by atoms with E-state index in [1.807, 2.05) is 0 Å². The first kappa shape index (κ1) is 26.5. The molecule has 0 aromatic heterocycles. The molecule has 33 heavy (non-hydrogen) atoms.